The third kappa shape index (κ3) is 3.92. The lowest BCUT2D eigenvalue weighted by Gasteiger charge is -2.17. The van der Waals surface area contributed by atoms with Gasteiger partial charge in [0.05, 0.1) is 35.8 Å². The van der Waals surface area contributed by atoms with Crippen LogP contribution in [0.5, 0.6) is 0 Å². The highest BCUT2D eigenvalue weighted by Crippen LogP contribution is 2.22. The molecule has 0 unspecified atom stereocenters. The number of anilines is 1. The van der Waals surface area contributed by atoms with Gasteiger partial charge in [-0.25, -0.2) is 0 Å². The molecule has 8 heteroatoms. The highest BCUT2D eigenvalue weighted by Gasteiger charge is 2.13. The van der Waals surface area contributed by atoms with Gasteiger partial charge >= 0.3 is 0 Å². The van der Waals surface area contributed by atoms with Crippen LogP contribution in [-0.4, -0.2) is 22.9 Å². The summed E-state index contributed by atoms with van der Waals surface area (Å²) in [5, 5.41) is 28.0. The van der Waals surface area contributed by atoms with Crippen molar-refractivity contribution in [3.63, 3.8) is 0 Å². The molecule has 0 aliphatic rings. The van der Waals surface area contributed by atoms with E-state index in [-0.39, 0.29) is 25.3 Å². The van der Waals surface area contributed by atoms with Crippen molar-refractivity contribution in [2.24, 2.45) is 5.84 Å². The van der Waals surface area contributed by atoms with Crippen LogP contribution in [-0.2, 0) is 6.54 Å². The topological polar surface area (TPSA) is 132 Å². The van der Waals surface area contributed by atoms with E-state index in [1.807, 2.05) is 12.1 Å². The summed E-state index contributed by atoms with van der Waals surface area (Å²) in [6.45, 7) is 0.336. The monoisotopic (exact) mass is 260 g/mol. The number of nitrogen functional groups attached to an aromatic ring is 1. The van der Waals surface area contributed by atoms with Crippen molar-refractivity contribution in [3.8, 4) is 12.1 Å². The van der Waals surface area contributed by atoms with Crippen molar-refractivity contribution in [3.05, 3.63) is 33.9 Å². The normalized spacial score (nSPS) is 9.68. The third-order valence-electron chi connectivity index (χ3n) is 2.44. The van der Waals surface area contributed by atoms with Crippen LogP contribution in [0.4, 0.5) is 11.4 Å². The highest BCUT2D eigenvalue weighted by atomic mass is 16.6. The zero-order valence-electron chi connectivity index (χ0n) is 10.0. The fourth-order valence-corrected chi connectivity index (χ4v) is 1.57. The van der Waals surface area contributed by atoms with Crippen molar-refractivity contribution >= 4 is 11.4 Å². The number of hydrogen-bond donors (Lipinski definition) is 2. The summed E-state index contributed by atoms with van der Waals surface area (Å²) < 4.78 is 0. The van der Waals surface area contributed by atoms with Crippen LogP contribution in [0.2, 0.25) is 0 Å². The second kappa shape index (κ2) is 6.91. The predicted molar refractivity (Wildman–Crippen MR) is 67.4 cm³/mol. The van der Waals surface area contributed by atoms with Crippen molar-refractivity contribution in [2.75, 3.05) is 18.5 Å². The van der Waals surface area contributed by atoms with E-state index in [1.165, 1.54) is 18.2 Å². The molecule has 0 atom stereocenters. The van der Waals surface area contributed by atoms with Crippen molar-refractivity contribution in [1.29, 1.82) is 10.5 Å². The van der Waals surface area contributed by atoms with Gasteiger partial charge in [-0.15, -0.1) is 0 Å². The minimum absolute atomic E-state index is 0.0558. The van der Waals surface area contributed by atoms with E-state index in [1.54, 1.807) is 4.90 Å². The average molecular weight is 260 g/mol. The molecule has 19 heavy (non-hydrogen) atoms. The predicted octanol–water partition coefficient (Wildman–Crippen LogP) is 0.730. The van der Waals surface area contributed by atoms with Gasteiger partial charge in [0.1, 0.15) is 0 Å². The summed E-state index contributed by atoms with van der Waals surface area (Å²) in [6, 6.07) is 8.07. The van der Waals surface area contributed by atoms with Gasteiger partial charge in [0, 0.05) is 18.7 Å². The summed E-state index contributed by atoms with van der Waals surface area (Å²) in [5.41, 5.74) is 3.45. The van der Waals surface area contributed by atoms with E-state index in [0.29, 0.717) is 11.3 Å². The summed E-state index contributed by atoms with van der Waals surface area (Å²) in [5.74, 6) is 5.33. The average Bonchev–Trinajstić information content (AvgIpc) is 2.39. The van der Waals surface area contributed by atoms with E-state index >= 15 is 0 Å². The molecule has 0 spiro atoms. The van der Waals surface area contributed by atoms with Crippen LogP contribution in [0.1, 0.15) is 5.56 Å². The standard InChI is InChI=1S/C11H12N6O2/c12-3-5-16(6-4-13)8-9-7-10(17(18)19)1-2-11(9)15-14/h1-2,7,15H,5-6,8,14H2. The van der Waals surface area contributed by atoms with E-state index in [0.717, 1.165) is 0 Å². The van der Waals surface area contributed by atoms with Crippen molar-refractivity contribution in [2.45, 2.75) is 6.54 Å². The molecular formula is C11H12N6O2. The molecule has 1 rings (SSSR count). The lowest BCUT2D eigenvalue weighted by Crippen LogP contribution is -2.25. The van der Waals surface area contributed by atoms with E-state index in [9.17, 15) is 10.1 Å². The van der Waals surface area contributed by atoms with Gasteiger partial charge in [0.2, 0.25) is 0 Å². The molecule has 1 aromatic carbocycles. The molecule has 1 aromatic rings. The lowest BCUT2D eigenvalue weighted by molar-refractivity contribution is -0.384. The minimum Gasteiger partial charge on any atom is -0.324 e. The first-order chi connectivity index (χ1) is 9.12. The number of rotatable bonds is 6. The Morgan fingerprint density at radius 3 is 2.47 bits per heavy atom. The number of nitrogens with one attached hydrogen (secondary N) is 1. The van der Waals surface area contributed by atoms with Gasteiger partial charge in [0.15, 0.2) is 0 Å². The molecule has 0 bridgehead atoms. The molecule has 3 N–H and O–H groups in total. The SMILES string of the molecule is N#CCN(CC#N)Cc1cc([N+](=O)[O-])ccc1NN. The molecule has 0 saturated heterocycles. The number of hydrazine groups is 1. The summed E-state index contributed by atoms with van der Waals surface area (Å²) in [6.07, 6.45) is 0. The number of nitrogens with zero attached hydrogens (tertiary/aromatic N) is 4. The fourth-order valence-electron chi connectivity index (χ4n) is 1.57. The van der Waals surface area contributed by atoms with Crippen molar-refractivity contribution in [1.82, 2.24) is 4.90 Å². The first kappa shape index (κ1) is 14.4. The van der Waals surface area contributed by atoms with E-state index in [2.05, 4.69) is 5.43 Å². The number of nitrogens with two attached hydrogens (primary N) is 1. The summed E-state index contributed by atoms with van der Waals surface area (Å²) >= 11 is 0. The van der Waals surface area contributed by atoms with Gasteiger partial charge in [-0.05, 0) is 11.6 Å². The number of nitro groups is 1. The zero-order chi connectivity index (χ0) is 14.3. The molecular weight excluding hydrogens is 248 g/mol. The number of nitriles is 2. The van der Waals surface area contributed by atoms with Crippen LogP contribution in [0, 0.1) is 32.8 Å². The van der Waals surface area contributed by atoms with E-state index in [4.69, 9.17) is 16.4 Å². The second-order valence-corrected chi connectivity index (χ2v) is 3.70. The maximum Gasteiger partial charge on any atom is 0.269 e. The Bertz CT molecular complexity index is 529. The largest absolute Gasteiger partial charge is 0.324 e. The third-order valence-corrected chi connectivity index (χ3v) is 2.44. The maximum atomic E-state index is 10.7. The molecule has 0 heterocycles. The molecule has 0 aliphatic heterocycles. The minimum atomic E-state index is -0.511. The van der Waals surface area contributed by atoms with Gasteiger partial charge < -0.3 is 5.43 Å². The molecule has 0 saturated carbocycles. The maximum absolute atomic E-state index is 10.7. The Kier molecular flexibility index (Phi) is 5.23. The Balaban J connectivity index is 3.03. The summed E-state index contributed by atoms with van der Waals surface area (Å²) in [4.78, 5) is 11.8. The molecule has 0 fully saturated rings. The molecule has 98 valence electrons. The van der Waals surface area contributed by atoms with Gasteiger partial charge in [-0.1, -0.05) is 0 Å². The lowest BCUT2D eigenvalue weighted by atomic mass is 10.1. The molecule has 0 radical (unpaired) electrons. The quantitative estimate of drug-likeness (QED) is 0.333. The Morgan fingerprint density at radius 1 is 1.37 bits per heavy atom. The van der Waals surface area contributed by atoms with Gasteiger partial charge in [0.25, 0.3) is 5.69 Å². The highest BCUT2D eigenvalue weighted by molar-refractivity contribution is 5.55. The number of hydrogen-bond acceptors (Lipinski definition) is 7. The van der Waals surface area contributed by atoms with Crippen molar-refractivity contribution < 1.29 is 4.92 Å². The molecule has 8 nitrogen and oxygen atoms in total. The van der Waals surface area contributed by atoms with Crippen LogP contribution >= 0.6 is 0 Å². The van der Waals surface area contributed by atoms with Gasteiger partial charge in [-0.2, -0.15) is 10.5 Å². The zero-order valence-corrected chi connectivity index (χ0v) is 10.0. The molecule has 0 aliphatic carbocycles. The number of nitro benzene ring substituents is 1. The molecule has 0 amide bonds. The smallest absolute Gasteiger partial charge is 0.269 e. The number of benzene rings is 1. The fraction of sp³-hybridized carbons (Fsp3) is 0.273. The Morgan fingerprint density at radius 2 is 2.00 bits per heavy atom. The van der Waals surface area contributed by atoms with Crippen LogP contribution < -0.4 is 11.3 Å². The Hall–Kier alpha value is -2.68. The molecule has 0 aromatic heterocycles. The first-order valence-electron chi connectivity index (χ1n) is 5.32. The van der Waals surface area contributed by atoms with Crippen LogP contribution in [0.3, 0.4) is 0 Å². The van der Waals surface area contributed by atoms with Gasteiger partial charge in [-0.3, -0.25) is 20.9 Å². The van der Waals surface area contributed by atoms with Crippen LogP contribution in [0.15, 0.2) is 18.2 Å². The van der Waals surface area contributed by atoms with E-state index < -0.39 is 4.92 Å². The second-order valence-electron chi connectivity index (χ2n) is 3.70. The summed E-state index contributed by atoms with van der Waals surface area (Å²) in [7, 11) is 0. The first-order valence-corrected chi connectivity index (χ1v) is 5.32. The van der Waals surface area contributed by atoms with Crippen LogP contribution in [0.25, 0.3) is 0 Å². The number of non-ortho nitro benzene ring substituents is 1. The Labute approximate surface area is 109 Å².